The molecule has 0 aliphatic carbocycles. The van der Waals surface area contributed by atoms with Gasteiger partial charge >= 0.3 is 0 Å². The molecule has 0 fully saturated rings. The van der Waals surface area contributed by atoms with Crippen LogP contribution in [0.2, 0.25) is 0 Å². The number of nitriles is 4. The monoisotopic (exact) mass is 966 g/mol. The Labute approximate surface area is 437 Å². The van der Waals surface area contributed by atoms with Crippen molar-refractivity contribution in [2.75, 3.05) is 0 Å². The number of hydrogen-bond donors (Lipinski definition) is 0. The van der Waals surface area contributed by atoms with Crippen LogP contribution in [0, 0.1) is 45.3 Å². The second kappa shape index (κ2) is 18.5. The van der Waals surface area contributed by atoms with Gasteiger partial charge in [0.05, 0.1) is 91.4 Å². The van der Waals surface area contributed by atoms with E-state index in [1.807, 2.05) is 72.8 Å². The van der Waals surface area contributed by atoms with Gasteiger partial charge in [0, 0.05) is 49.4 Å². The van der Waals surface area contributed by atoms with Crippen molar-refractivity contribution in [3.8, 4) is 103 Å². The van der Waals surface area contributed by atoms with Crippen LogP contribution in [0.4, 0.5) is 0 Å². The summed E-state index contributed by atoms with van der Waals surface area (Å²) in [6, 6.07) is 86.5. The van der Waals surface area contributed by atoms with Gasteiger partial charge in [-0.2, -0.15) is 21.0 Å². The van der Waals surface area contributed by atoms with E-state index in [1.165, 1.54) is 0 Å². The van der Waals surface area contributed by atoms with Gasteiger partial charge in [0.25, 0.3) is 0 Å². The van der Waals surface area contributed by atoms with E-state index in [2.05, 4.69) is 167 Å². The summed E-state index contributed by atoms with van der Waals surface area (Å²) in [6.45, 7) is 0. The van der Waals surface area contributed by atoms with Gasteiger partial charge in [-0.05, 0) is 107 Å². The highest BCUT2D eigenvalue weighted by molar-refractivity contribution is 6.13. The molecule has 0 atom stereocenters. The molecule has 3 heterocycles. The minimum atomic E-state index is 0.397. The van der Waals surface area contributed by atoms with Crippen molar-refractivity contribution in [2.24, 2.45) is 0 Å². The molecule has 0 aliphatic rings. The third-order valence-electron chi connectivity index (χ3n) is 14.3. The van der Waals surface area contributed by atoms with E-state index in [0.29, 0.717) is 39.2 Å². The Hall–Kier alpha value is -11.2. The predicted molar refractivity (Wildman–Crippen MR) is 302 cm³/mol. The maximum absolute atomic E-state index is 10.4. The summed E-state index contributed by atoms with van der Waals surface area (Å²) in [7, 11) is 0. The molecule has 0 N–H and O–H groups in total. The number of rotatable bonds is 8. The summed E-state index contributed by atoms with van der Waals surface area (Å²) < 4.78 is 4.67. The van der Waals surface area contributed by atoms with Crippen LogP contribution in [0.1, 0.15) is 22.3 Å². The van der Waals surface area contributed by atoms with Crippen LogP contribution in [-0.4, -0.2) is 19.1 Å². The van der Waals surface area contributed by atoms with Crippen molar-refractivity contribution in [1.82, 2.24) is 19.1 Å². The minimum Gasteiger partial charge on any atom is -0.309 e. The second-order valence-electron chi connectivity index (χ2n) is 18.6. The summed E-state index contributed by atoms with van der Waals surface area (Å²) >= 11 is 0. The number of para-hydroxylation sites is 3. The fourth-order valence-corrected chi connectivity index (χ4v) is 10.8. The molecule has 350 valence electrons. The lowest BCUT2D eigenvalue weighted by Gasteiger charge is -2.20. The molecule has 0 radical (unpaired) electrons. The Balaban J connectivity index is 1.12. The fraction of sp³-hybridized carbons (Fsp3) is 0. The molecule has 13 aromatic rings. The number of aromatic nitrogens is 4. The van der Waals surface area contributed by atoms with E-state index >= 15 is 0 Å². The van der Waals surface area contributed by atoms with Crippen LogP contribution < -0.4 is 0 Å². The molecular formula is C68H38N8. The third kappa shape index (κ3) is 7.51. The predicted octanol–water partition coefficient (Wildman–Crippen LogP) is 16.2. The van der Waals surface area contributed by atoms with Crippen LogP contribution in [0.25, 0.3) is 122 Å². The zero-order valence-electron chi connectivity index (χ0n) is 40.5. The fourth-order valence-electron chi connectivity index (χ4n) is 10.8. The lowest BCUT2D eigenvalue weighted by molar-refractivity contribution is 1.16. The van der Waals surface area contributed by atoms with E-state index in [4.69, 9.17) is 9.97 Å². The zero-order chi connectivity index (χ0) is 51.3. The molecule has 76 heavy (non-hydrogen) atoms. The van der Waals surface area contributed by atoms with Crippen molar-refractivity contribution in [2.45, 2.75) is 0 Å². The van der Waals surface area contributed by atoms with Gasteiger partial charge in [0.2, 0.25) is 0 Å². The van der Waals surface area contributed by atoms with Gasteiger partial charge in [-0.3, -0.25) is 0 Å². The SMILES string of the molecule is N#Cc1ccc(-c2ccc3c(c2)c2cc(-c4ccc(C#N)cc4C#N)ccc2n3-c2ccc(-c3cc(-c4ccccc4)nc(-c4ccccc4)n3)cc2-c2ccccc2-n2c3ccccc3c3ccccc32)c(C#N)c1. The molecule has 0 bridgehead atoms. The molecular weight excluding hydrogens is 929 g/mol. The molecule has 3 aromatic heterocycles. The molecule has 0 aliphatic heterocycles. The van der Waals surface area contributed by atoms with Gasteiger partial charge in [-0.1, -0.05) is 146 Å². The van der Waals surface area contributed by atoms with Crippen LogP contribution in [0.15, 0.2) is 231 Å². The van der Waals surface area contributed by atoms with Gasteiger partial charge in [0.15, 0.2) is 5.82 Å². The average Bonchev–Trinajstić information content (AvgIpc) is 4.02. The highest BCUT2D eigenvalue weighted by atomic mass is 15.0. The largest absolute Gasteiger partial charge is 0.309 e. The molecule has 8 nitrogen and oxygen atoms in total. The highest BCUT2D eigenvalue weighted by Gasteiger charge is 2.23. The van der Waals surface area contributed by atoms with Crippen molar-refractivity contribution >= 4 is 43.6 Å². The number of benzene rings is 10. The van der Waals surface area contributed by atoms with E-state index in [-0.39, 0.29) is 0 Å². The van der Waals surface area contributed by atoms with Crippen LogP contribution in [0.5, 0.6) is 0 Å². The Morgan fingerprint density at radius 3 is 1.30 bits per heavy atom. The second-order valence-corrected chi connectivity index (χ2v) is 18.6. The average molecular weight is 967 g/mol. The van der Waals surface area contributed by atoms with Gasteiger partial charge in [-0.25, -0.2) is 9.97 Å². The standard InChI is InChI=1S/C68H38N8/c69-39-43-23-28-52(50(33-43)41-71)47-25-30-66-58(35-47)59-36-48(53-29-24-44(40-70)34-51(53)42-72)26-31-67(59)76(66)65-32-27-49(61-38-60(45-13-3-1-4-14-45)73-68(74-61)46-15-5-2-6-16-46)37-57(65)56-19-9-12-22-64(56)75-62-20-10-7-17-54(62)55-18-8-11-21-63(55)75/h1-38H. The van der Waals surface area contributed by atoms with E-state index in [0.717, 1.165) is 105 Å². The Morgan fingerprint density at radius 1 is 0.289 bits per heavy atom. The molecule has 13 rings (SSSR count). The van der Waals surface area contributed by atoms with E-state index in [9.17, 15) is 21.0 Å². The smallest absolute Gasteiger partial charge is 0.160 e. The first kappa shape index (κ1) is 44.8. The Kier molecular flexibility index (Phi) is 10.9. The van der Waals surface area contributed by atoms with Crippen molar-refractivity contribution in [1.29, 1.82) is 21.0 Å². The first-order valence-corrected chi connectivity index (χ1v) is 24.7. The lowest BCUT2D eigenvalue weighted by Crippen LogP contribution is -2.02. The molecule has 0 saturated carbocycles. The maximum Gasteiger partial charge on any atom is 0.160 e. The van der Waals surface area contributed by atoms with E-state index in [1.54, 1.807) is 24.3 Å². The number of nitrogens with zero attached hydrogens (tertiary/aromatic N) is 8. The quantitative estimate of drug-likeness (QED) is 0.149. The number of fused-ring (bicyclic) bond motifs is 6. The summed E-state index contributed by atoms with van der Waals surface area (Å²) in [5, 5.41) is 44.3. The third-order valence-corrected chi connectivity index (χ3v) is 14.3. The van der Waals surface area contributed by atoms with Crippen LogP contribution in [0.3, 0.4) is 0 Å². The minimum absolute atomic E-state index is 0.397. The summed E-state index contributed by atoms with van der Waals surface area (Å²) in [5.41, 5.74) is 16.8. The highest BCUT2D eigenvalue weighted by Crippen LogP contribution is 2.44. The summed E-state index contributed by atoms with van der Waals surface area (Å²) in [6.07, 6.45) is 0. The van der Waals surface area contributed by atoms with Crippen molar-refractivity contribution < 1.29 is 0 Å². The molecule has 0 unspecified atom stereocenters. The first-order chi connectivity index (χ1) is 37.5. The van der Waals surface area contributed by atoms with Crippen molar-refractivity contribution in [3.63, 3.8) is 0 Å². The first-order valence-electron chi connectivity index (χ1n) is 24.7. The van der Waals surface area contributed by atoms with Crippen molar-refractivity contribution in [3.05, 3.63) is 253 Å². The molecule has 0 saturated heterocycles. The topological polar surface area (TPSA) is 131 Å². The van der Waals surface area contributed by atoms with Crippen LogP contribution in [-0.2, 0) is 0 Å². The molecule has 0 spiro atoms. The van der Waals surface area contributed by atoms with Gasteiger partial charge in [-0.15, -0.1) is 0 Å². The normalized spacial score (nSPS) is 11.1. The Morgan fingerprint density at radius 2 is 0.750 bits per heavy atom. The summed E-state index contributed by atoms with van der Waals surface area (Å²) in [5.74, 6) is 0.617. The zero-order valence-corrected chi connectivity index (χ0v) is 40.5. The maximum atomic E-state index is 10.4. The number of hydrogen-bond acceptors (Lipinski definition) is 6. The molecule has 10 aromatic carbocycles. The van der Waals surface area contributed by atoms with Gasteiger partial charge < -0.3 is 9.13 Å². The Bertz CT molecular complexity index is 4450. The summed E-state index contributed by atoms with van der Waals surface area (Å²) in [4.78, 5) is 10.4. The molecule has 8 heteroatoms. The van der Waals surface area contributed by atoms with Crippen LogP contribution >= 0.6 is 0 Å². The molecule has 0 amide bonds. The van der Waals surface area contributed by atoms with Gasteiger partial charge in [0.1, 0.15) is 0 Å². The lowest BCUT2D eigenvalue weighted by atomic mass is 9.95. The van der Waals surface area contributed by atoms with E-state index < -0.39 is 0 Å².